The first-order valence-electron chi connectivity index (χ1n) is 9.27. The maximum atomic E-state index is 10.7. The zero-order valence-corrected chi connectivity index (χ0v) is 14.6. The smallest absolute Gasteiger partial charge is 0.122 e. The molecule has 1 aromatic carbocycles. The summed E-state index contributed by atoms with van der Waals surface area (Å²) in [5, 5.41) is 14.2. The number of anilines is 1. The van der Waals surface area contributed by atoms with Crippen LogP contribution in [0.3, 0.4) is 0 Å². The van der Waals surface area contributed by atoms with E-state index >= 15 is 0 Å². The first-order chi connectivity index (χ1) is 11.2. The van der Waals surface area contributed by atoms with Gasteiger partial charge in [-0.3, -0.25) is 4.90 Å². The molecule has 0 spiro atoms. The normalized spacial score (nSPS) is 21.0. The molecule has 2 N–H and O–H groups in total. The molecule has 1 aliphatic carbocycles. The molecule has 0 bridgehead atoms. The van der Waals surface area contributed by atoms with Crippen molar-refractivity contribution < 1.29 is 5.11 Å². The van der Waals surface area contributed by atoms with Gasteiger partial charge in [-0.2, -0.15) is 0 Å². The van der Waals surface area contributed by atoms with Crippen molar-refractivity contribution in [2.45, 2.75) is 39.2 Å². The van der Waals surface area contributed by atoms with Crippen molar-refractivity contribution in [1.82, 2.24) is 10.2 Å². The second-order valence-electron chi connectivity index (χ2n) is 6.84. The van der Waals surface area contributed by atoms with Crippen LogP contribution < -0.4 is 10.2 Å². The van der Waals surface area contributed by atoms with E-state index in [4.69, 9.17) is 0 Å². The minimum atomic E-state index is 0.386. The van der Waals surface area contributed by atoms with Gasteiger partial charge in [0.2, 0.25) is 0 Å². The lowest BCUT2D eigenvalue weighted by atomic mass is 9.76. The maximum absolute atomic E-state index is 10.7. The van der Waals surface area contributed by atoms with Crippen LogP contribution in [0.1, 0.15) is 44.7 Å². The van der Waals surface area contributed by atoms with E-state index in [0.717, 1.165) is 50.5 Å². The van der Waals surface area contributed by atoms with E-state index in [1.54, 1.807) is 0 Å². The Kier molecular flexibility index (Phi) is 5.44. The number of nitrogens with one attached hydrogen (secondary N) is 1. The molecule has 128 valence electrons. The molecule has 2 fully saturated rings. The molecule has 3 rings (SSSR count). The van der Waals surface area contributed by atoms with Gasteiger partial charge in [0.05, 0.1) is 0 Å². The number of hydrogen-bond donors (Lipinski definition) is 2. The van der Waals surface area contributed by atoms with E-state index in [9.17, 15) is 5.11 Å². The van der Waals surface area contributed by atoms with Crippen molar-refractivity contribution >= 4 is 5.69 Å². The Labute approximate surface area is 140 Å². The summed E-state index contributed by atoms with van der Waals surface area (Å²) >= 11 is 0. The molecule has 1 heterocycles. The van der Waals surface area contributed by atoms with Crippen LogP contribution >= 0.6 is 0 Å². The number of phenolic OH excluding ortho intramolecular Hbond substituents is 1. The van der Waals surface area contributed by atoms with Gasteiger partial charge in [-0.1, -0.05) is 12.5 Å². The Bertz CT molecular complexity index is 505. The third-order valence-corrected chi connectivity index (χ3v) is 5.60. The van der Waals surface area contributed by atoms with E-state index in [1.807, 2.05) is 6.07 Å². The maximum Gasteiger partial charge on any atom is 0.122 e. The molecule has 23 heavy (non-hydrogen) atoms. The summed E-state index contributed by atoms with van der Waals surface area (Å²) < 4.78 is 0. The minimum absolute atomic E-state index is 0.386. The Balaban J connectivity index is 1.86. The number of piperazine rings is 1. The second-order valence-corrected chi connectivity index (χ2v) is 6.84. The fraction of sp³-hybridized carbons (Fsp3) is 0.684. The molecule has 0 aromatic heterocycles. The van der Waals surface area contributed by atoms with E-state index in [0.29, 0.717) is 17.7 Å². The molecule has 0 radical (unpaired) electrons. The topological polar surface area (TPSA) is 38.7 Å². The predicted octanol–water partition coefficient (Wildman–Crippen LogP) is 2.98. The monoisotopic (exact) mass is 317 g/mol. The van der Waals surface area contributed by atoms with E-state index in [-0.39, 0.29) is 0 Å². The van der Waals surface area contributed by atoms with Gasteiger partial charge in [0.25, 0.3) is 0 Å². The number of benzene rings is 1. The molecular weight excluding hydrogens is 286 g/mol. The summed E-state index contributed by atoms with van der Waals surface area (Å²) in [6.45, 7) is 10.5. The van der Waals surface area contributed by atoms with Gasteiger partial charge < -0.3 is 15.3 Å². The van der Waals surface area contributed by atoms with Crippen LogP contribution in [0.5, 0.6) is 5.75 Å². The Morgan fingerprint density at radius 3 is 2.43 bits per heavy atom. The molecule has 1 aliphatic heterocycles. The standard InChI is InChI=1S/C19H31N3O/c1-3-21(4-2)16-8-9-17(18(23)14-16)19(15-6-5-7-15)22-12-10-20-11-13-22/h8-9,14-15,19-20,23H,3-7,10-13H2,1-2H3/t19-/m1/s1. The zero-order chi connectivity index (χ0) is 16.2. The molecular formula is C19H31N3O. The highest BCUT2D eigenvalue weighted by Gasteiger charge is 2.35. The molecule has 0 amide bonds. The highest BCUT2D eigenvalue weighted by atomic mass is 16.3. The average Bonchev–Trinajstić information content (AvgIpc) is 2.53. The van der Waals surface area contributed by atoms with Gasteiger partial charge in [-0.05, 0) is 38.7 Å². The molecule has 1 aromatic rings. The van der Waals surface area contributed by atoms with Gasteiger partial charge in [-0.25, -0.2) is 0 Å². The molecule has 1 atom stereocenters. The highest BCUT2D eigenvalue weighted by molar-refractivity contribution is 5.54. The lowest BCUT2D eigenvalue weighted by molar-refractivity contribution is 0.0819. The number of phenols is 1. The van der Waals surface area contributed by atoms with Crippen LogP contribution in [0, 0.1) is 5.92 Å². The molecule has 4 nitrogen and oxygen atoms in total. The fourth-order valence-electron chi connectivity index (χ4n) is 4.03. The first kappa shape index (κ1) is 16.6. The Hall–Kier alpha value is -1.26. The molecule has 1 saturated heterocycles. The SMILES string of the molecule is CCN(CC)c1ccc([C@@H](C2CCC2)N2CCNCC2)c(O)c1. The summed E-state index contributed by atoms with van der Waals surface area (Å²) in [5.41, 5.74) is 2.26. The molecule has 4 heteroatoms. The summed E-state index contributed by atoms with van der Waals surface area (Å²) in [5.74, 6) is 1.18. The Morgan fingerprint density at radius 2 is 1.91 bits per heavy atom. The van der Waals surface area contributed by atoms with Crippen molar-refractivity contribution in [2.75, 3.05) is 44.2 Å². The van der Waals surface area contributed by atoms with Crippen LogP contribution in [0.2, 0.25) is 0 Å². The van der Waals surface area contributed by atoms with Crippen LogP contribution in [0.25, 0.3) is 0 Å². The quantitative estimate of drug-likeness (QED) is 0.846. The van der Waals surface area contributed by atoms with Gasteiger partial charge >= 0.3 is 0 Å². The largest absolute Gasteiger partial charge is 0.508 e. The van der Waals surface area contributed by atoms with Gasteiger partial charge in [-0.15, -0.1) is 0 Å². The van der Waals surface area contributed by atoms with Gasteiger partial charge in [0, 0.05) is 62.6 Å². The second kappa shape index (κ2) is 7.54. The van der Waals surface area contributed by atoms with Gasteiger partial charge in [0.1, 0.15) is 5.75 Å². The molecule has 0 unspecified atom stereocenters. The minimum Gasteiger partial charge on any atom is -0.508 e. The lowest BCUT2D eigenvalue weighted by Gasteiger charge is -2.43. The first-order valence-corrected chi connectivity index (χ1v) is 9.27. The van der Waals surface area contributed by atoms with Crippen LogP contribution in [-0.2, 0) is 0 Å². The van der Waals surface area contributed by atoms with E-state index in [1.165, 1.54) is 19.3 Å². The van der Waals surface area contributed by atoms with E-state index < -0.39 is 0 Å². The van der Waals surface area contributed by atoms with Crippen molar-refractivity contribution in [2.24, 2.45) is 5.92 Å². The predicted molar refractivity (Wildman–Crippen MR) is 96.2 cm³/mol. The number of hydrogen-bond acceptors (Lipinski definition) is 4. The third kappa shape index (κ3) is 3.48. The summed E-state index contributed by atoms with van der Waals surface area (Å²) in [4.78, 5) is 4.86. The lowest BCUT2D eigenvalue weighted by Crippen LogP contribution is -2.47. The zero-order valence-electron chi connectivity index (χ0n) is 14.6. The fourth-order valence-corrected chi connectivity index (χ4v) is 4.03. The molecule has 2 aliphatic rings. The van der Waals surface area contributed by atoms with Crippen molar-refractivity contribution in [1.29, 1.82) is 0 Å². The number of rotatable bonds is 6. The number of aromatic hydroxyl groups is 1. The van der Waals surface area contributed by atoms with Gasteiger partial charge in [0.15, 0.2) is 0 Å². The summed E-state index contributed by atoms with van der Waals surface area (Å²) in [6, 6.07) is 6.72. The van der Waals surface area contributed by atoms with Crippen LogP contribution in [-0.4, -0.2) is 49.3 Å². The summed E-state index contributed by atoms with van der Waals surface area (Å²) in [6.07, 6.45) is 3.93. The van der Waals surface area contributed by atoms with Crippen molar-refractivity contribution in [3.63, 3.8) is 0 Å². The van der Waals surface area contributed by atoms with Crippen molar-refractivity contribution in [3.8, 4) is 5.75 Å². The summed E-state index contributed by atoms with van der Waals surface area (Å²) in [7, 11) is 0. The van der Waals surface area contributed by atoms with Crippen molar-refractivity contribution in [3.05, 3.63) is 23.8 Å². The average molecular weight is 317 g/mol. The third-order valence-electron chi connectivity index (χ3n) is 5.60. The van der Waals surface area contributed by atoms with Crippen LogP contribution in [0.15, 0.2) is 18.2 Å². The Morgan fingerprint density at radius 1 is 1.22 bits per heavy atom. The van der Waals surface area contributed by atoms with Crippen LogP contribution in [0.4, 0.5) is 5.69 Å². The number of nitrogens with zero attached hydrogens (tertiary/aromatic N) is 2. The highest BCUT2D eigenvalue weighted by Crippen LogP contribution is 2.44. The van der Waals surface area contributed by atoms with E-state index in [2.05, 4.69) is 41.1 Å². The molecule has 1 saturated carbocycles.